The summed E-state index contributed by atoms with van der Waals surface area (Å²) in [5, 5.41) is 0.326. The zero-order valence-electron chi connectivity index (χ0n) is 7.53. The van der Waals surface area contributed by atoms with E-state index in [1.165, 1.54) is 0 Å². The molecule has 1 aromatic carbocycles. The number of carbonyl (C=O) groups excluding carboxylic acids is 1. The van der Waals surface area contributed by atoms with E-state index in [1.807, 2.05) is 26.0 Å². The van der Waals surface area contributed by atoms with Gasteiger partial charge in [-0.3, -0.25) is 4.79 Å². The van der Waals surface area contributed by atoms with Crippen LogP contribution in [0.5, 0.6) is 0 Å². The fourth-order valence-electron chi connectivity index (χ4n) is 1.27. The number of carbonyl (C=O) groups is 1. The van der Waals surface area contributed by atoms with E-state index in [0.717, 1.165) is 16.7 Å². The minimum atomic E-state index is -0.353. The summed E-state index contributed by atoms with van der Waals surface area (Å²) >= 11 is 11.2. The highest BCUT2D eigenvalue weighted by Crippen LogP contribution is 2.23. The van der Waals surface area contributed by atoms with Crippen molar-refractivity contribution in [2.45, 2.75) is 20.3 Å². The Morgan fingerprint density at radius 2 is 2.00 bits per heavy atom. The first-order valence-corrected chi connectivity index (χ1v) is 4.71. The van der Waals surface area contributed by atoms with Crippen LogP contribution in [0.3, 0.4) is 0 Å². The van der Waals surface area contributed by atoms with Crippen LogP contribution in [-0.2, 0) is 11.2 Å². The summed E-state index contributed by atoms with van der Waals surface area (Å²) in [6.45, 7) is 3.84. The Kier molecular flexibility index (Phi) is 3.34. The van der Waals surface area contributed by atoms with Crippen LogP contribution >= 0.6 is 23.2 Å². The van der Waals surface area contributed by atoms with Gasteiger partial charge in [-0.2, -0.15) is 0 Å². The lowest BCUT2D eigenvalue weighted by atomic mass is 10.0. The number of rotatable bonds is 2. The molecule has 0 amide bonds. The van der Waals surface area contributed by atoms with Crippen molar-refractivity contribution in [1.82, 2.24) is 0 Å². The third-order valence-electron chi connectivity index (χ3n) is 2.08. The monoisotopic (exact) mass is 216 g/mol. The van der Waals surface area contributed by atoms with E-state index in [1.54, 1.807) is 0 Å². The molecular formula is C10H10Cl2O. The van der Waals surface area contributed by atoms with E-state index in [9.17, 15) is 4.79 Å². The average Bonchev–Trinajstić information content (AvgIpc) is 2.05. The molecule has 0 aromatic heterocycles. The largest absolute Gasteiger partial charge is 0.281 e. The van der Waals surface area contributed by atoms with Crippen molar-refractivity contribution in [1.29, 1.82) is 0 Å². The minimum Gasteiger partial charge on any atom is -0.281 e. The van der Waals surface area contributed by atoms with Gasteiger partial charge >= 0.3 is 0 Å². The smallest absolute Gasteiger partial charge is 0.226 e. The zero-order valence-corrected chi connectivity index (χ0v) is 9.04. The molecule has 1 rings (SSSR count). The molecule has 13 heavy (non-hydrogen) atoms. The maximum atomic E-state index is 10.8. The molecule has 0 unspecified atom stereocenters. The Labute approximate surface area is 87.7 Å². The summed E-state index contributed by atoms with van der Waals surface area (Å²) < 4.78 is 0. The van der Waals surface area contributed by atoms with Crippen molar-refractivity contribution >= 4 is 28.4 Å². The lowest BCUT2D eigenvalue weighted by Gasteiger charge is -2.08. The number of hydrogen-bond donors (Lipinski definition) is 0. The first-order valence-electron chi connectivity index (χ1n) is 3.95. The Balaban J connectivity index is 3.17. The van der Waals surface area contributed by atoms with Crippen LogP contribution in [0.15, 0.2) is 12.1 Å². The van der Waals surface area contributed by atoms with Gasteiger partial charge in [0.05, 0.1) is 0 Å². The number of halogens is 2. The van der Waals surface area contributed by atoms with Gasteiger partial charge in [-0.05, 0) is 48.2 Å². The third kappa shape index (κ3) is 2.45. The molecule has 0 spiro atoms. The van der Waals surface area contributed by atoms with Gasteiger partial charge in [0.15, 0.2) is 0 Å². The fourth-order valence-corrected chi connectivity index (χ4v) is 1.59. The Morgan fingerprint density at radius 3 is 2.54 bits per heavy atom. The Morgan fingerprint density at radius 1 is 1.38 bits per heavy atom. The third-order valence-corrected chi connectivity index (χ3v) is 2.63. The van der Waals surface area contributed by atoms with Gasteiger partial charge in [-0.25, -0.2) is 0 Å². The molecule has 0 saturated heterocycles. The first-order chi connectivity index (χ1) is 6.02. The summed E-state index contributed by atoms with van der Waals surface area (Å²) in [5.41, 5.74) is 2.93. The molecule has 0 aliphatic rings. The van der Waals surface area contributed by atoms with Crippen LogP contribution < -0.4 is 0 Å². The highest BCUT2D eigenvalue weighted by Gasteiger charge is 2.08. The van der Waals surface area contributed by atoms with Gasteiger partial charge in [-0.15, -0.1) is 0 Å². The van der Waals surface area contributed by atoms with Crippen molar-refractivity contribution in [3.05, 3.63) is 33.8 Å². The van der Waals surface area contributed by atoms with Crippen LogP contribution in [0.2, 0.25) is 5.02 Å². The molecular weight excluding hydrogens is 207 g/mol. The second kappa shape index (κ2) is 4.12. The SMILES string of the molecule is Cc1ccc(Cl)c(C)c1CC(=O)Cl. The molecule has 70 valence electrons. The van der Waals surface area contributed by atoms with Gasteiger partial charge in [-0.1, -0.05) is 17.7 Å². The van der Waals surface area contributed by atoms with E-state index in [4.69, 9.17) is 23.2 Å². The second-order valence-corrected chi connectivity index (χ2v) is 3.83. The first kappa shape index (κ1) is 10.6. The maximum Gasteiger partial charge on any atom is 0.226 e. The molecule has 0 aliphatic heterocycles. The van der Waals surface area contributed by atoms with Gasteiger partial charge in [0.25, 0.3) is 0 Å². The van der Waals surface area contributed by atoms with Gasteiger partial charge in [0.1, 0.15) is 0 Å². The molecule has 0 N–H and O–H groups in total. The topological polar surface area (TPSA) is 17.1 Å². The normalized spacial score (nSPS) is 10.2. The van der Waals surface area contributed by atoms with Crippen LogP contribution in [0.25, 0.3) is 0 Å². The highest BCUT2D eigenvalue weighted by molar-refractivity contribution is 6.63. The molecule has 0 radical (unpaired) electrons. The summed E-state index contributed by atoms with van der Waals surface area (Å²) in [6.07, 6.45) is 0.250. The van der Waals surface area contributed by atoms with Crippen LogP contribution in [0, 0.1) is 13.8 Å². The molecule has 1 nitrogen and oxygen atoms in total. The number of hydrogen-bond acceptors (Lipinski definition) is 1. The van der Waals surface area contributed by atoms with Crippen molar-refractivity contribution < 1.29 is 4.79 Å². The van der Waals surface area contributed by atoms with Crippen molar-refractivity contribution in [2.24, 2.45) is 0 Å². The van der Waals surface area contributed by atoms with Gasteiger partial charge < -0.3 is 0 Å². The zero-order chi connectivity index (χ0) is 10.0. The van der Waals surface area contributed by atoms with Crippen molar-refractivity contribution in [3.8, 4) is 0 Å². The molecule has 0 fully saturated rings. The predicted octanol–water partition coefficient (Wildman–Crippen LogP) is 3.26. The molecule has 0 atom stereocenters. The predicted molar refractivity (Wildman–Crippen MR) is 55.5 cm³/mol. The Hall–Kier alpha value is -0.530. The maximum absolute atomic E-state index is 10.8. The Bertz CT molecular complexity index is 345. The lowest BCUT2D eigenvalue weighted by Crippen LogP contribution is -1.99. The quantitative estimate of drug-likeness (QED) is 0.695. The summed E-state index contributed by atoms with van der Waals surface area (Å²) in [5.74, 6) is 0. The van der Waals surface area contributed by atoms with Gasteiger partial charge in [0, 0.05) is 11.4 Å². The molecule has 0 bridgehead atoms. The standard InChI is InChI=1S/C10H10Cl2O/c1-6-3-4-9(11)7(2)8(6)5-10(12)13/h3-4H,5H2,1-2H3. The molecule has 0 heterocycles. The number of benzene rings is 1. The van der Waals surface area contributed by atoms with E-state index in [2.05, 4.69) is 0 Å². The minimum absolute atomic E-state index is 0.250. The van der Waals surface area contributed by atoms with Crippen molar-refractivity contribution in [2.75, 3.05) is 0 Å². The highest BCUT2D eigenvalue weighted by atomic mass is 35.5. The molecule has 1 aromatic rings. The summed E-state index contributed by atoms with van der Waals surface area (Å²) in [7, 11) is 0. The van der Waals surface area contributed by atoms with Crippen molar-refractivity contribution in [3.63, 3.8) is 0 Å². The van der Waals surface area contributed by atoms with E-state index >= 15 is 0 Å². The molecule has 3 heteroatoms. The van der Waals surface area contributed by atoms with Crippen LogP contribution in [-0.4, -0.2) is 5.24 Å². The van der Waals surface area contributed by atoms with E-state index in [-0.39, 0.29) is 11.7 Å². The molecule has 0 aliphatic carbocycles. The lowest BCUT2D eigenvalue weighted by molar-refractivity contribution is -0.111. The summed E-state index contributed by atoms with van der Waals surface area (Å²) in [6, 6.07) is 3.72. The van der Waals surface area contributed by atoms with Crippen LogP contribution in [0.4, 0.5) is 0 Å². The second-order valence-electron chi connectivity index (χ2n) is 3.00. The molecule has 0 saturated carbocycles. The van der Waals surface area contributed by atoms with E-state index in [0.29, 0.717) is 5.02 Å². The fraction of sp³-hybridized carbons (Fsp3) is 0.300. The van der Waals surface area contributed by atoms with E-state index < -0.39 is 0 Å². The summed E-state index contributed by atoms with van der Waals surface area (Å²) in [4.78, 5) is 10.8. The number of aryl methyl sites for hydroxylation is 1. The van der Waals surface area contributed by atoms with Crippen LogP contribution in [0.1, 0.15) is 16.7 Å². The van der Waals surface area contributed by atoms with Gasteiger partial charge in [0.2, 0.25) is 5.24 Å². The average molecular weight is 217 g/mol.